The van der Waals surface area contributed by atoms with Crippen LogP contribution >= 0.6 is 0 Å². The summed E-state index contributed by atoms with van der Waals surface area (Å²) in [6.45, 7) is 2.09. The van der Waals surface area contributed by atoms with Crippen LogP contribution in [0.1, 0.15) is 38.3 Å². The van der Waals surface area contributed by atoms with E-state index in [-0.39, 0.29) is 5.92 Å². The molecule has 0 saturated heterocycles. The SMILES string of the molecule is CCC1CCCC1(O)c1ncc(OC)nc1OC. The first-order valence-electron chi connectivity index (χ1n) is 6.33. The summed E-state index contributed by atoms with van der Waals surface area (Å²) in [6.07, 6.45) is 5.19. The van der Waals surface area contributed by atoms with Crippen LogP contribution in [0.15, 0.2) is 6.20 Å². The smallest absolute Gasteiger partial charge is 0.241 e. The maximum atomic E-state index is 10.9. The van der Waals surface area contributed by atoms with Gasteiger partial charge >= 0.3 is 0 Å². The minimum atomic E-state index is -0.917. The van der Waals surface area contributed by atoms with Gasteiger partial charge in [0.25, 0.3) is 0 Å². The molecule has 5 nitrogen and oxygen atoms in total. The molecule has 1 aromatic heterocycles. The quantitative estimate of drug-likeness (QED) is 0.886. The van der Waals surface area contributed by atoms with Gasteiger partial charge in [-0.05, 0) is 25.2 Å². The first kappa shape index (κ1) is 13.1. The average Bonchev–Trinajstić information content (AvgIpc) is 2.80. The van der Waals surface area contributed by atoms with Crippen molar-refractivity contribution in [2.75, 3.05) is 14.2 Å². The van der Waals surface area contributed by atoms with Crippen LogP contribution in [0.2, 0.25) is 0 Å². The van der Waals surface area contributed by atoms with E-state index in [1.54, 1.807) is 0 Å². The van der Waals surface area contributed by atoms with Crippen LogP contribution < -0.4 is 9.47 Å². The molecule has 2 unspecified atom stereocenters. The lowest BCUT2D eigenvalue weighted by molar-refractivity contribution is -0.0108. The molecular formula is C13H20N2O3. The van der Waals surface area contributed by atoms with E-state index in [2.05, 4.69) is 16.9 Å². The molecule has 0 spiro atoms. The number of ether oxygens (including phenoxy) is 2. The van der Waals surface area contributed by atoms with Gasteiger partial charge in [-0.25, -0.2) is 4.98 Å². The van der Waals surface area contributed by atoms with Crippen LogP contribution in [-0.4, -0.2) is 29.3 Å². The lowest BCUT2D eigenvalue weighted by Crippen LogP contribution is -2.31. The van der Waals surface area contributed by atoms with E-state index in [1.165, 1.54) is 20.4 Å². The Morgan fingerprint density at radius 2 is 2.22 bits per heavy atom. The standard InChI is InChI=1S/C13H20N2O3/c1-4-9-6-5-7-13(9,16)11-12(18-3)15-10(17-2)8-14-11/h8-9,16H,4-7H2,1-3H3. The van der Waals surface area contributed by atoms with E-state index >= 15 is 0 Å². The molecule has 5 heteroatoms. The minimum absolute atomic E-state index is 0.217. The molecule has 0 bridgehead atoms. The first-order valence-corrected chi connectivity index (χ1v) is 6.33. The maximum Gasteiger partial charge on any atom is 0.241 e. The summed E-state index contributed by atoms with van der Waals surface area (Å²) in [7, 11) is 3.06. The highest BCUT2D eigenvalue weighted by molar-refractivity contribution is 5.29. The number of hydrogen-bond acceptors (Lipinski definition) is 5. The molecule has 0 amide bonds. The highest BCUT2D eigenvalue weighted by atomic mass is 16.5. The van der Waals surface area contributed by atoms with Gasteiger partial charge in [0.15, 0.2) is 0 Å². The lowest BCUT2D eigenvalue weighted by Gasteiger charge is -2.29. The summed E-state index contributed by atoms with van der Waals surface area (Å²) in [5.74, 6) is 0.969. The molecule has 1 aliphatic carbocycles. The normalized spacial score (nSPS) is 27.2. The van der Waals surface area contributed by atoms with Gasteiger partial charge in [-0.3, -0.25) is 0 Å². The first-order chi connectivity index (χ1) is 8.65. The maximum absolute atomic E-state index is 10.9. The van der Waals surface area contributed by atoms with Crippen LogP contribution in [-0.2, 0) is 5.60 Å². The molecule has 0 aromatic carbocycles. The van der Waals surface area contributed by atoms with Gasteiger partial charge in [0.2, 0.25) is 11.8 Å². The third-order valence-electron chi connectivity index (χ3n) is 3.81. The third kappa shape index (κ3) is 2.03. The predicted octanol–water partition coefficient (Wildman–Crippen LogP) is 1.89. The highest BCUT2D eigenvalue weighted by Gasteiger charge is 2.45. The van der Waals surface area contributed by atoms with Crippen molar-refractivity contribution in [3.8, 4) is 11.8 Å². The highest BCUT2D eigenvalue weighted by Crippen LogP contribution is 2.46. The summed E-state index contributed by atoms with van der Waals surface area (Å²) >= 11 is 0. The monoisotopic (exact) mass is 252 g/mol. The predicted molar refractivity (Wildman–Crippen MR) is 66.7 cm³/mol. The molecule has 100 valence electrons. The summed E-state index contributed by atoms with van der Waals surface area (Å²) < 4.78 is 10.3. The fourth-order valence-corrected chi connectivity index (χ4v) is 2.81. The molecule has 1 N–H and O–H groups in total. The molecule has 18 heavy (non-hydrogen) atoms. The second-order valence-electron chi connectivity index (χ2n) is 4.69. The van der Waals surface area contributed by atoms with Crippen molar-refractivity contribution in [1.29, 1.82) is 0 Å². The van der Waals surface area contributed by atoms with Gasteiger partial charge < -0.3 is 14.6 Å². The molecule has 1 aromatic rings. The Balaban J connectivity index is 2.43. The molecule has 0 radical (unpaired) electrons. The second kappa shape index (κ2) is 5.10. The zero-order valence-electron chi connectivity index (χ0n) is 11.1. The number of methoxy groups -OCH3 is 2. The lowest BCUT2D eigenvalue weighted by atomic mass is 9.85. The van der Waals surface area contributed by atoms with Crippen LogP contribution in [0, 0.1) is 5.92 Å². The van der Waals surface area contributed by atoms with E-state index in [0.717, 1.165) is 19.3 Å². The van der Waals surface area contributed by atoms with Gasteiger partial charge in [-0.2, -0.15) is 4.98 Å². The van der Waals surface area contributed by atoms with Crippen LogP contribution in [0.4, 0.5) is 0 Å². The van der Waals surface area contributed by atoms with E-state index in [1.807, 2.05) is 0 Å². The van der Waals surface area contributed by atoms with E-state index in [9.17, 15) is 5.11 Å². The van der Waals surface area contributed by atoms with Crippen molar-refractivity contribution >= 4 is 0 Å². The van der Waals surface area contributed by atoms with E-state index in [0.29, 0.717) is 23.9 Å². The molecular weight excluding hydrogens is 232 g/mol. The average molecular weight is 252 g/mol. The van der Waals surface area contributed by atoms with Crippen LogP contribution in [0.5, 0.6) is 11.8 Å². The molecule has 0 aliphatic heterocycles. The van der Waals surface area contributed by atoms with Gasteiger partial charge in [-0.1, -0.05) is 13.3 Å². The largest absolute Gasteiger partial charge is 0.480 e. The summed E-state index contributed by atoms with van der Waals surface area (Å²) in [4.78, 5) is 8.51. The van der Waals surface area contributed by atoms with E-state index in [4.69, 9.17) is 9.47 Å². The Morgan fingerprint density at radius 1 is 1.44 bits per heavy atom. The third-order valence-corrected chi connectivity index (χ3v) is 3.81. The summed E-state index contributed by atoms with van der Waals surface area (Å²) in [5.41, 5.74) is -0.380. The molecule has 1 fully saturated rings. The number of aliphatic hydroxyl groups is 1. The Bertz CT molecular complexity index is 425. The number of rotatable bonds is 4. The fourth-order valence-electron chi connectivity index (χ4n) is 2.81. The number of nitrogens with zero attached hydrogens (tertiary/aromatic N) is 2. The van der Waals surface area contributed by atoms with Crippen LogP contribution in [0.3, 0.4) is 0 Å². The Labute approximate surface area is 107 Å². The van der Waals surface area contributed by atoms with Crippen molar-refractivity contribution in [1.82, 2.24) is 9.97 Å². The van der Waals surface area contributed by atoms with Gasteiger partial charge in [0.1, 0.15) is 11.3 Å². The van der Waals surface area contributed by atoms with Gasteiger partial charge in [0.05, 0.1) is 20.4 Å². The zero-order chi connectivity index (χ0) is 13.2. The van der Waals surface area contributed by atoms with Crippen molar-refractivity contribution in [2.24, 2.45) is 5.92 Å². The summed E-state index contributed by atoms with van der Waals surface area (Å²) in [5, 5.41) is 10.9. The van der Waals surface area contributed by atoms with Gasteiger partial charge in [0, 0.05) is 0 Å². The van der Waals surface area contributed by atoms with E-state index < -0.39 is 5.60 Å². The van der Waals surface area contributed by atoms with Crippen molar-refractivity contribution in [3.05, 3.63) is 11.9 Å². The zero-order valence-corrected chi connectivity index (χ0v) is 11.1. The van der Waals surface area contributed by atoms with Crippen molar-refractivity contribution in [2.45, 2.75) is 38.2 Å². The Hall–Kier alpha value is -1.36. The minimum Gasteiger partial charge on any atom is -0.480 e. The van der Waals surface area contributed by atoms with Crippen molar-refractivity contribution in [3.63, 3.8) is 0 Å². The van der Waals surface area contributed by atoms with Gasteiger partial charge in [-0.15, -0.1) is 0 Å². The fraction of sp³-hybridized carbons (Fsp3) is 0.692. The molecule has 1 aliphatic rings. The molecule has 2 rings (SSSR count). The second-order valence-corrected chi connectivity index (χ2v) is 4.69. The van der Waals surface area contributed by atoms with Crippen molar-refractivity contribution < 1.29 is 14.6 Å². The molecule has 1 saturated carbocycles. The Kier molecular flexibility index (Phi) is 3.71. The number of aromatic nitrogens is 2. The summed E-state index contributed by atoms with van der Waals surface area (Å²) in [6, 6.07) is 0. The van der Waals surface area contributed by atoms with Crippen LogP contribution in [0.25, 0.3) is 0 Å². The molecule has 1 heterocycles. The molecule has 2 atom stereocenters. The topological polar surface area (TPSA) is 64.5 Å². The number of hydrogen-bond donors (Lipinski definition) is 1. The Morgan fingerprint density at radius 3 is 2.83 bits per heavy atom.